The van der Waals surface area contributed by atoms with Crippen LogP contribution in [0.2, 0.25) is 0 Å². The second-order valence-corrected chi connectivity index (χ2v) is 8.86. The topological polar surface area (TPSA) is 47.0 Å². The molecule has 2 atom stereocenters. The minimum Gasteiger partial charge on any atom is -0.390 e. The van der Waals surface area contributed by atoms with Gasteiger partial charge >= 0.3 is 0 Å². The number of aliphatic hydroxyl groups is 1. The van der Waals surface area contributed by atoms with Crippen molar-refractivity contribution in [1.29, 1.82) is 0 Å². The van der Waals surface area contributed by atoms with Crippen LogP contribution in [-0.2, 0) is 4.79 Å². The van der Waals surface area contributed by atoms with E-state index in [1.165, 1.54) is 19.3 Å². The molecule has 2 rings (SSSR count). The van der Waals surface area contributed by atoms with Crippen LogP contribution in [0.5, 0.6) is 0 Å². The van der Waals surface area contributed by atoms with E-state index in [2.05, 4.69) is 30.7 Å². The molecule has 5 heteroatoms. The molecular formula is C19H37N3O2. The highest BCUT2D eigenvalue weighted by atomic mass is 16.3. The highest BCUT2D eigenvalue weighted by molar-refractivity contribution is 5.76. The molecule has 0 aromatic rings. The van der Waals surface area contributed by atoms with E-state index in [0.29, 0.717) is 30.8 Å². The van der Waals surface area contributed by atoms with Crippen LogP contribution in [0.3, 0.4) is 0 Å². The first-order valence-corrected chi connectivity index (χ1v) is 9.58. The maximum atomic E-state index is 12.5. The predicted octanol–water partition coefficient (Wildman–Crippen LogP) is 1.66. The summed E-state index contributed by atoms with van der Waals surface area (Å²) in [6.07, 6.45) is 5.02. The maximum Gasteiger partial charge on any atom is 0.222 e. The predicted molar refractivity (Wildman–Crippen MR) is 97.9 cm³/mol. The Morgan fingerprint density at radius 1 is 1.29 bits per heavy atom. The van der Waals surface area contributed by atoms with E-state index in [1.807, 2.05) is 7.05 Å². The molecule has 0 aromatic carbocycles. The van der Waals surface area contributed by atoms with E-state index in [-0.39, 0.29) is 5.91 Å². The summed E-state index contributed by atoms with van der Waals surface area (Å²) in [5.74, 6) is 0.702. The minimum atomic E-state index is -0.454. The number of nitrogens with zero attached hydrogens (tertiary/aromatic N) is 3. The second-order valence-electron chi connectivity index (χ2n) is 8.86. The van der Waals surface area contributed by atoms with Crippen LogP contribution in [0.15, 0.2) is 0 Å². The molecule has 1 aliphatic carbocycles. The normalized spacial score (nSPS) is 27.0. The Morgan fingerprint density at radius 2 is 1.96 bits per heavy atom. The molecule has 1 aliphatic heterocycles. The molecular weight excluding hydrogens is 302 g/mol. The van der Waals surface area contributed by atoms with Gasteiger partial charge in [-0.25, -0.2) is 0 Å². The quantitative estimate of drug-likeness (QED) is 0.799. The molecule has 1 saturated carbocycles. The zero-order chi connectivity index (χ0) is 17.7. The number of hydrogen-bond donors (Lipinski definition) is 1. The molecule has 24 heavy (non-hydrogen) atoms. The smallest absolute Gasteiger partial charge is 0.222 e. The molecule has 1 N–H and O–H groups in total. The number of hydrogen-bond acceptors (Lipinski definition) is 4. The van der Waals surface area contributed by atoms with Crippen molar-refractivity contribution in [3.63, 3.8) is 0 Å². The number of β-amino-alcohol motifs (C(OH)–C–C–N with tert-alkyl or cyclic N) is 1. The first kappa shape index (κ1) is 19.7. The molecule has 0 spiro atoms. The third-order valence-corrected chi connectivity index (χ3v) is 5.75. The van der Waals surface area contributed by atoms with Crippen molar-refractivity contribution in [1.82, 2.24) is 14.7 Å². The van der Waals surface area contributed by atoms with Gasteiger partial charge in [-0.3, -0.25) is 9.69 Å². The average Bonchev–Trinajstić information content (AvgIpc) is 2.48. The number of amides is 1. The van der Waals surface area contributed by atoms with Gasteiger partial charge < -0.3 is 14.9 Å². The molecule has 0 aromatic heterocycles. The summed E-state index contributed by atoms with van der Waals surface area (Å²) < 4.78 is 0. The zero-order valence-electron chi connectivity index (χ0n) is 16.1. The van der Waals surface area contributed by atoms with Crippen molar-refractivity contribution in [2.45, 2.75) is 52.1 Å². The number of piperazine rings is 1. The SMILES string of the molecule is CN1CCN(CC(O)CN(C)C(=O)CC2CCCC(C)(C)C2)CC1. The zero-order valence-corrected chi connectivity index (χ0v) is 16.1. The Hall–Kier alpha value is -0.650. The molecule has 2 fully saturated rings. The van der Waals surface area contributed by atoms with Crippen molar-refractivity contribution in [3.05, 3.63) is 0 Å². The van der Waals surface area contributed by atoms with Gasteiger partial charge in [-0.1, -0.05) is 20.3 Å². The number of carbonyl (C=O) groups is 1. The Morgan fingerprint density at radius 3 is 2.58 bits per heavy atom. The number of rotatable bonds is 6. The van der Waals surface area contributed by atoms with Gasteiger partial charge in [0.1, 0.15) is 0 Å². The van der Waals surface area contributed by atoms with Gasteiger partial charge in [-0.05, 0) is 37.6 Å². The van der Waals surface area contributed by atoms with Crippen molar-refractivity contribution >= 4 is 5.91 Å². The van der Waals surface area contributed by atoms with Crippen molar-refractivity contribution in [2.24, 2.45) is 11.3 Å². The molecule has 0 bridgehead atoms. The van der Waals surface area contributed by atoms with Crippen LogP contribution in [-0.4, -0.2) is 85.2 Å². The van der Waals surface area contributed by atoms with Gasteiger partial charge in [0.05, 0.1) is 6.10 Å². The Bertz CT molecular complexity index is 405. The summed E-state index contributed by atoms with van der Waals surface area (Å²) >= 11 is 0. The lowest BCUT2D eigenvalue weighted by Gasteiger charge is -2.36. The highest BCUT2D eigenvalue weighted by Gasteiger charge is 2.30. The standard InChI is InChI=1S/C19H37N3O2/c1-19(2)7-5-6-16(13-19)12-18(24)21(4)14-17(23)15-22-10-8-20(3)9-11-22/h16-17,23H,5-15H2,1-4H3. The van der Waals surface area contributed by atoms with Gasteiger partial charge in [-0.15, -0.1) is 0 Å². The van der Waals surface area contributed by atoms with Gasteiger partial charge in [0.15, 0.2) is 0 Å². The Labute approximate surface area is 148 Å². The van der Waals surface area contributed by atoms with Crippen LogP contribution in [0.4, 0.5) is 0 Å². The van der Waals surface area contributed by atoms with Crippen LogP contribution < -0.4 is 0 Å². The van der Waals surface area contributed by atoms with E-state index in [1.54, 1.807) is 4.90 Å². The summed E-state index contributed by atoms with van der Waals surface area (Å²) in [6.45, 7) is 9.85. The maximum absolute atomic E-state index is 12.5. The van der Waals surface area contributed by atoms with Crippen molar-refractivity contribution < 1.29 is 9.90 Å². The molecule has 1 heterocycles. The van der Waals surface area contributed by atoms with E-state index in [9.17, 15) is 9.90 Å². The van der Waals surface area contributed by atoms with E-state index in [4.69, 9.17) is 0 Å². The summed E-state index contributed by atoms with van der Waals surface area (Å²) in [5.41, 5.74) is 0.378. The summed E-state index contributed by atoms with van der Waals surface area (Å²) in [6, 6.07) is 0. The molecule has 5 nitrogen and oxygen atoms in total. The largest absolute Gasteiger partial charge is 0.390 e. The summed E-state index contributed by atoms with van der Waals surface area (Å²) in [4.78, 5) is 18.8. The fourth-order valence-electron chi connectivity index (χ4n) is 4.24. The van der Waals surface area contributed by atoms with Crippen LogP contribution >= 0.6 is 0 Å². The molecule has 2 unspecified atom stereocenters. The minimum absolute atomic E-state index is 0.190. The second kappa shape index (κ2) is 8.63. The lowest BCUT2D eigenvalue weighted by molar-refractivity contribution is -0.132. The van der Waals surface area contributed by atoms with E-state index >= 15 is 0 Å². The van der Waals surface area contributed by atoms with Crippen LogP contribution in [0.1, 0.15) is 46.0 Å². The lowest BCUT2D eigenvalue weighted by Crippen LogP contribution is -2.49. The number of carbonyl (C=O) groups excluding carboxylic acids is 1. The van der Waals surface area contributed by atoms with E-state index < -0.39 is 6.10 Å². The average molecular weight is 340 g/mol. The summed E-state index contributed by atoms with van der Waals surface area (Å²) in [7, 11) is 3.97. The monoisotopic (exact) mass is 339 g/mol. The Balaban J connectivity index is 1.70. The third-order valence-electron chi connectivity index (χ3n) is 5.75. The van der Waals surface area contributed by atoms with Crippen LogP contribution in [0, 0.1) is 11.3 Å². The van der Waals surface area contributed by atoms with Gasteiger partial charge in [-0.2, -0.15) is 0 Å². The van der Waals surface area contributed by atoms with E-state index in [0.717, 1.165) is 32.6 Å². The highest BCUT2D eigenvalue weighted by Crippen LogP contribution is 2.39. The van der Waals surface area contributed by atoms with Gasteiger partial charge in [0.25, 0.3) is 0 Å². The summed E-state index contributed by atoms with van der Waals surface area (Å²) in [5, 5.41) is 10.3. The first-order chi connectivity index (χ1) is 11.2. The number of aliphatic hydroxyl groups excluding tert-OH is 1. The van der Waals surface area contributed by atoms with Gasteiger partial charge in [0.2, 0.25) is 5.91 Å². The lowest BCUT2D eigenvalue weighted by atomic mass is 9.71. The first-order valence-electron chi connectivity index (χ1n) is 9.58. The molecule has 1 saturated heterocycles. The van der Waals surface area contributed by atoms with Crippen molar-refractivity contribution in [2.75, 3.05) is 53.4 Å². The van der Waals surface area contributed by atoms with Gasteiger partial charge in [0, 0.05) is 52.7 Å². The molecule has 2 aliphatic rings. The molecule has 0 radical (unpaired) electrons. The Kier molecular flexibility index (Phi) is 7.08. The molecule has 140 valence electrons. The fourth-order valence-corrected chi connectivity index (χ4v) is 4.24. The van der Waals surface area contributed by atoms with Crippen LogP contribution in [0.25, 0.3) is 0 Å². The number of likely N-dealkylation sites (N-methyl/N-ethyl adjacent to an activating group) is 2. The fraction of sp³-hybridized carbons (Fsp3) is 0.947. The molecule has 1 amide bonds. The third kappa shape index (κ3) is 6.34. The van der Waals surface area contributed by atoms with Crippen molar-refractivity contribution in [3.8, 4) is 0 Å².